The molecule has 0 heterocycles. The summed E-state index contributed by atoms with van der Waals surface area (Å²) >= 11 is 0. The van der Waals surface area contributed by atoms with Crippen molar-refractivity contribution in [2.24, 2.45) is 16.8 Å². The number of carbonyl (C=O) groups excluding carboxylic acids is 2. The standard InChI is InChI=1S/C19H31N5O4/c1-14(24-28-13-5-12-27-21)15-7-9-16(10-8-15)19(26)23-11-4-3-6-17(22-2)18(20)25/h7-10,17,22H,3-6,11-13,21H2,1-2H3,(H2,20,25)(H,23,26)/b24-14+/t17-/m0/s1. The molecule has 6 N–H and O–H groups in total. The first-order valence-electron chi connectivity index (χ1n) is 9.33. The predicted molar refractivity (Wildman–Crippen MR) is 108 cm³/mol. The first kappa shape index (κ1) is 23.5. The fraction of sp³-hybridized carbons (Fsp3) is 0.526. The molecule has 0 spiro atoms. The van der Waals surface area contributed by atoms with Crippen molar-refractivity contribution in [1.29, 1.82) is 0 Å². The molecule has 0 aromatic heterocycles. The van der Waals surface area contributed by atoms with Crippen LogP contribution in [0.15, 0.2) is 29.4 Å². The fourth-order valence-corrected chi connectivity index (χ4v) is 2.47. The molecular formula is C19H31N5O4. The van der Waals surface area contributed by atoms with Crippen LogP contribution in [0.1, 0.15) is 48.5 Å². The van der Waals surface area contributed by atoms with Crippen LogP contribution in [-0.4, -0.2) is 50.4 Å². The molecule has 0 aliphatic heterocycles. The number of benzene rings is 1. The molecule has 156 valence electrons. The van der Waals surface area contributed by atoms with Gasteiger partial charge in [-0.05, 0) is 50.9 Å². The fourth-order valence-electron chi connectivity index (χ4n) is 2.47. The van der Waals surface area contributed by atoms with Crippen molar-refractivity contribution in [2.75, 3.05) is 26.8 Å². The zero-order valence-corrected chi connectivity index (χ0v) is 16.6. The summed E-state index contributed by atoms with van der Waals surface area (Å²) in [4.78, 5) is 32.9. The third-order valence-electron chi connectivity index (χ3n) is 4.16. The van der Waals surface area contributed by atoms with E-state index in [-0.39, 0.29) is 17.9 Å². The Kier molecular flexibility index (Phi) is 11.5. The Morgan fingerprint density at radius 2 is 1.79 bits per heavy atom. The van der Waals surface area contributed by atoms with E-state index in [0.717, 1.165) is 18.4 Å². The molecule has 9 heteroatoms. The van der Waals surface area contributed by atoms with Crippen LogP contribution in [0.25, 0.3) is 0 Å². The average Bonchev–Trinajstić information content (AvgIpc) is 2.70. The normalized spacial score (nSPS) is 12.5. The van der Waals surface area contributed by atoms with Crippen LogP contribution >= 0.6 is 0 Å². The van der Waals surface area contributed by atoms with Crippen LogP contribution in [-0.2, 0) is 14.5 Å². The van der Waals surface area contributed by atoms with Crippen LogP contribution in [0.5, 0.6) is 0 Å². The Labute approximate surface area is 165 Å². The van der Waals surface area contributed by atoms with E-state index in [0.29, 0.717) is 43.9 Å². The predicted octanol–water partition coefficient (Wildman–Crippen LogP) is 0.681. The highest BCUT2D eigenvalue weighted by atomic mass is 16.6. The summed E-state index contributed by atoms with van der Waals surface area (Å²) in [5, 5.41) is 9.77. The van der Waals surface area contributed by atoms with Crippen molar-refractivity contribution < 1.29 is 19.3 Å². The molecule has 0 fully saturated rings. The van der Waals surface area contributed by atoms with E-state index in [9.17, 15) is 9.59 Å². The van der Waals surface area contributed by atoms with E-state index < -0.39 is 0 Å². The van der Waals surface area contributed by atoms with Gasteiger partial charge in [-0.1, -0.05) is 17.3 Å². The molecule has 2 amide bonds. The molecule has 0 unspecified atom stereocenters. The van der Waals surface area contributed by atoms with Gasteiger partial charge >= 0.3 is 0 Å². The lowest BCUT2D eigenvalue weighted by molar-refractivity contribution is -0.120. The molecule has 28 heavy (non-hydrogen) atoms. The van der Waals surface area contributed by atoms with Gasteiger partial charge in [0.05, 0.1) is 18.4 Å². The molecule has 1 rings (SSSR count). The van der Waals surface area contributed by atoms with E-state index in [1.807, 2.05) is 19.1 Å². The molecule has 1 aromatic rings. The van der Waals surface area contributed by atoms with E-state index in [1.165, 1.54) is 0 Å². The molecule has 9 nitrogen and oxygen atoms in total. The number of nitrogens with one attached hydrogen (secondary N) is 2. The monoisotopic (exact) mass is 393 g/mol. The van der Waals surface area contributed by atoms with Gasteiger partial charge in [0.25, 0.3) is 5.91 Å². The lowest BCUT2D eigenvalue weighted by Gasteiger charge is -2.12. The van der Waals surface area contributed by atoms with Crippen molar-refractivity contribution in [3.8, 4) is 0 Å². The summed E-state index contributed by atoms with van der Waals surface area (Å²) in [6.45, 7) is 3.21. The van der Waals surface area contributed by atoms with Crippen LogP contribution in [0.4, 0.5) is 0 Å². The number of nitrogens with zero attached hydrogens (tertiary/aromatic N) is 1. The number of carbonyl (C=O) groups is 2. The van der Waals surface area contributed by atoms with Gasteiger partial charge in [0.2, 0.25) is 5.91 Å². The van der Waals surface area contributed by atoms with Gasteiger partial charge in [-0.25, -0.2) is 5.90 Å². The zero-order chi connectivity index (χ0) is 20.8. The van der Waals surface area contributed by atoms with Crippen molar-refractivity contribution in [2.45, 2.75) is 38.6 Å². The topological polar surface area (TPSA) is 141 Å². The molecule has 0 aliphatic carbocycles. The third kappa shape index (κ3) is 8.94. The van der Waals surface area contributed by atoms with E-state index in [1.54, 1.807) is 19.2 Å². The SMILES string of the molecule is CN[C@@H](CCCCNC(=O)c1ccc(/C(C)=N/OCCCON)cc1)C(N)=O. The number of rotatable bonds is 14. The maximum Gasteiger partial charge on any atom is 0.251 e. The second-order valence-electron chi connectivity index (χ2n) is 6.31. The Morgan fingerprint density at radius 3 is 2.39 bits per heavy atom. The van der Waals surface area contributed by atoms with Crippen LogP contribution in [0, 0.1) is 0 Å². The minimum atomic E-state index is -0.361. The molecule has 1 aromatic carbocycles. The number of amides is 2. The first-order chi connectivity index (χ1) is 13.5. The lowest BCUT2D eigenvalue weighted by atomic mass is 10.1. The van der Waals surface area contributed by atoms with Gasteiger partial charge in [-0.2, -0.15) is 0 Å². The minimum Gasteiger partial charge on any atom is -0.395 e. The van der Waals surface area contributed by atoms with Gasteiger partial charge < -0.3 is 26.0 Å². The Bertz CT molecular complexity index is 634. The van der Waals surface area contributed by atoms with Crippen molar-refractivity contribution in [3.05, 3.63) is 35.4 Å². The van der Waals surface area contributed by atoms with Crippen molar-refractivity contribution >= 4 is 17.5 Å². The summed E-state index contributed by atoms with van der Waals surface area (Å²) in [6.07, 6.45) is 2.87. The number of likely N-dealkylation sites (N-methyl/N-ethyl adjacent to an activating group) is 1. The highest BCUT2D eigenvalue weighted by Crippen LogP contribution is 2.07. The lowest BCUT2D eigenvalue weighted by Crippen LogP contribution is -2.39. The number of oxime groups is 1. The summed E-state index contributed by atoms with van der Waals surface area (Å²) < 4.78 is 0. The van der Waals surface area contributed by atoms with Crippen LogP contribution in [0.3, 0.4) is 0 Å². The summed E-state index contributed by atoms with van der Waals surface area (Å²) in [5.41, 5.74) is 7.43. The van der Waals surface area contributed by atoms with Gasteiger partial charge in [0.1, 0.15) is 6.61 Å². The Hall–Kier alpha value is -2.49. The van der Waals surface area contributed by atoms with E-state index >= 15 is 0 Å². The Balaban J connectivity index is 2.36. The summed E-state index contributed by atoms with van der Waals surface area (Å²) in [5.74, 6) is 4.43. The smallest absolute Gasteiger partial charge is 0.251 e. The molecule has 1 atom stereocenters. The second kappa shape index (κ2) is 13.6. The number of primary amides is 1. The quantitative estimate of drug-likeness (QED) is 0.208. The highest BCUT2D eigenvalue weighted by Gasteiger charge is 2.11. The van der Waals surface area contributed by atoms with Crippen molar-refractivity contribution in [3.63, 3.8) is 0 Å². The number of hydrogen-bond donors (Lipinski definition) is 4. The van der Waals surface area contributed by atoms with Crippen molar-refractivity contribution in [1.82, 2.24) is 10.6 Å². The Morgan fingerprint density at radius 1 is 1.11 bits per heavy atom. The average molecular weight is 393 g/mol. The summed E-state index contributed by atoms with van der Waals surface area (Å²) in [7, 11) is 1.70. The maximum absolute atomic E-state index is 12.2. The number of hydrogen-bond acceptors (Lipinski definition) is 7. The summed E-state index contributed by atoms with van der Waals surface area (Å²) in [6, 6.07) is 6.81. The third-order valence-corrected chi connectivity index (χ3v) is 4.16. The van der Waals surface area contributed by atoms with E-state index in [4.69, 9.17) is 16.5 Å². The van der Waals surface area contributed by atoms with Gasteiger partial charge in [-0.3, -0.25) is 9.59 Å². The highest BCUT2D eigenvalue weighted by molar-refractivity contribution is 6.00. The minimum absolute atomic E-state index is 0.140. The maximum atomic E-state index is 12.2. The molecule has 0 bridgehead atoms. The molecule has 0 saturated carbocycles. The van der Waals surface area contributed by atoms with Gasteiger partial charge in [-0.15, -0.1) is 0 Å². The number of nitrogens with two attached hydrogens (primary N) is 2. The molecule has 0 radical (unpaired) electrons. The number of unbranched alkanes of at least 4 members (excludes halogenated alkanes) is 1. The zero-order valence-electron chi connectivity index (χ0n) is 16.6. The van der Waals surface area contributed by atoms with Gasteiger partial charge in [0, 0.05) is 18.5 Å². The van der Waals surface area contributed by atoms with Crippen LogP contribution < -0.4 is 22.3 Å². The van der Waals surface area contributed by atoms with Gasteiger partial charge in [0.15, 0.2) is 0 Å². The molecular weight excluding hydrogens is 362 g/mol. The molecule has 0 saturated heterocycles. The first-order valence-corrected chi connectivity index (χ1v) is 9.33. The van der Waals surface area contributed by atoms with E-state index in [2.05, 4.69) is 20.6 Å². The van der Waals surface area contributed by atoms with Crippen LogP contribution in [0.2, 0.25) is 0 Å². The largest absolute Gasteiger partial charge is 0.395 e. The second-order valence-corrected chi connectivity index (χ2v) is 6.31. The molecule has 0 aliphatic rings.